The SMILES string of the molecule is COc1cc(C(=O)N(C)c2ccc(C)cc2OCCCCCC(=O)N2CCN(C)CC2)ccc1C(=O)Nc1cccc2[nH]c(CN(C)C)nc12. The van der Waals surface area contributed by atoms with E-state index in [-0.39, 0.29) is 29.0 Å². The molecule has 0 radical (unpaired) electrons. The Morgan fingerprint density at radius 1 is 0.940 bits per heavy atom. The standard InChI is InChI=1S/C38H49N7O5/c1-26-14-17-31(33(23-26)50-22-9-7-8-13-35(46)45-20-18-43(4)19-21-45)44(5)38(48)27-15-16-28(32(24-27)49-6)37(47)40-30-12-10-11-29-36(30)41-34(39-29)25-42(2)3/h10-12,14-17,23-24H,7-9,13,18-22,25H2,1-6H3,(H,39,41)(H,40,47). The number of likely N-dealkylation sites (N-methyl/N-ethyl adjacent to an activating group) is 1. The first-order valence-corrected chi connectivity index (χ1v) is 17.1. The number of nitrogens with zero attached hydrogens (tertiary/aromatic N) is 5. The molecule has 1 saturated heterocycles. The highest BCUT2D eigenvalue weighted by molar-refractivity contribution is 6.11. The van der Waals surface area contributed by atoms with Gasteiger partial charge in [0.05, 0.1) is 42.7 Å². The van der Waals surface area contributed by atoms with Crippen LogP contribution in [0.15, 0.2) is 54.6 Å². The van der Waals surface area contributed by atoms with Gasteiger partial charge in [0.25, 0.3) is 11.8 Å². The zero-order valence-corrected chi connectivity index (χ0v) is 30.0. The summed E-state index contributed by atoms with van der Waals surface area (Å²) in [6, 6.07) is 16.1. The molecule has 5 rings (SSSR count). The molecule has 0 aliphatic carbocycles. The molecule has 50 heavy (non-hydrogen) atoms. The molecule has 266 valence electrons. The van der Waals surface area contributed by atoms with Crippen molar-refractivity contribution in [2.75, 3.05) is 78.3 Å². The van der Waals surface area contributed by atoms with Gasteiger partial charge in [-0.2, -0.15) is 0 Å². The molecule has 2 heterocycles. The third kappa shape index (κ3) is 8.99. The van der Waals surface area contributed by atoms with Gasteiger partial charge in [0.1, 0.15) is 22.8 Å². The van der Waals surface area contributed by atoms with Crippen molar-refractivity contribution in [3.63, 3.8) is 0 Å². The molecule has 3 aromatic carbocycles. The number of piperazine rings is 1. The van der Waals surface area contributed by atoms with E-state index in [0.717, 1.165) is 62.3 Å². The van der Waals surface area contributed by atoms with E-state index in [1.807, 2.05) is 61.2 Å². The molecule has 12 heteroatoms. The van der Waals surface area contributed by atoms with Crippen molar-refractivity contribution in [2.45, 2.75) is 39.2 Å². The van der Waals surface area contributed by atoms with Crippen LogP contribution in [0, 0.1) is 6.92 Å². The first-order chi connectivity index (χ1) is 24.0. The molecule has 1 fully saturated rings. The summed E-state index contributed by atoms with van der Waals surface area (Å²) in [6.07, 6.45) is 3.05. The molecular weight excluding hydrogens is 634 g/mol. The van der Waals surface area contributed by atoms with E-state index in [2.05, 4.69) is 27.2 Å². The summed E-state index contributed by atoms with van der Waals surface area (Å²) in [5, 5.41) is 2.96. The van der Waals surface area contributed by atoms with Gasteiger partial charge >= 0.3 is 0 Å². The van der Waals surface area contributed by atoms with E-state index in [1.165, 1.54) is 7.11 Å². The molecule has 0 saturated carbocycles. The number of H-pyrrole nitrogens is 1. The first-order valence-electron chi connectivity index (χ1n) is 17.1. The molecule has 1 aromatic heterocycles. The molecule has 0 spiro atoms. The summed E-state index contributed by atoms with van der Waals surface area (Å²) in [5.41, 5.74) is 4.35. The van der Waals surface area contributed by atoms with Gasteiger partial charge in [-0.15, -0.1) is 0 Å². The summed E-state index contributed by atoms with van der Waals surface area (Å²) >= 11 is 0. The Hall–Kier alpha value is -4.94. The lowest BCUT2D eigenvalue weighted by Gasteiger charge is -2.32. The zero-order valence-electron chi connectivity index (χ0n) is 30.0. The number of imidazole rings is 1. The van der Waals surface area contributed by atoms with E-state index in [9.17, 15) is 14.4 Å². The Bertz CT molecular complexity index is 1810. The topological polar surface area (TPSA) is 123 Å². The molecule has 2 N–H and O–H groups in total. The number of fused-ring (bicyclic) bond motifs is 1. The van der Waals surface area contributed by atoms with E-state index in [0.29, 0.717) is 47.8 Å². The number of para-hydroxylation sites is 1. The van der Waals surface area contributed by atoms with Gasteiger partial charge < -0.3 is 39.4 Å². The van der Waals surface area contributed by atoms with Crippen LogP contribution in [0.5, 0.6) is 11.5 Å². The highest BCUT2D eigenvalue weighted by Crippen LogP contribution is 2.31. The molecule has 3 amide bonds. The molecule has 0 unspecified atom stereocenters. The number of methoxy groups -OCH3 is 1. The Morgan fingerprint density at radius 2 is 1.72 bits per heavy atom. The number of aromatic nitrogens is 2. The minimum Gasteiger partial charge on any atom is -0.496 e. The molecule has 12 nitrogen and oxygen atoms in total. The first kappa shape index (κ1) is 36.3. The van der Waals surface area contributed by atoms with E-state index < -0.39 is 0 Å². The van der Waals surface area contributed by atoms with Gasteiger partial charge in [-0.3, -0.25) is 14.4 Å². The molecule has 0 atom stereocenters. The van der Waals surface area contributed by atoms with Crippen molar-refractivity contribution in [3.05, 3.63) is 77.1 Å². The van der Waals surface area contributed by atoms with Crippen LogP contribution in [0.25, 0.3) is 11.0 Å². The minimum absolute atomic E-state index is 0.228. The number of aromatic amines is 1. The van der Waals surface area contributed by atoms with E-state index >= 15 is 0 Å². The van der Waals surface area contributed by atoms with Gasteiger partial charge in [-0.05, 0) is 95.4 Å². The molecule has 1 aliphatic rings. The monoisotopic (exact) mass is 683 g/mol. The lowest BCUT2D eigenvalue weighted by atomic mass is 10.1. The van der Waals surface area contributed by atoms with Gasteiger partial charge in [0.15, 0.2) is 0 Å². The third-order valence-electron chi connectivity index (χ3n) is 8.90. The average molecular weight is 684 g/mol. The van der Waals surface area contributed by atoms with Gasteiger partial charge in [0, 0.05) is 45.2 Å². The summed E-state index contributed by atoms with van der Waals surface area (Å²) in [6.45, 7) is 6.54. The fourth-order valence-corrected chi connectivity index (χ4v) is 6.03. The summed E-state index contributed by atoms with van der Waals surface area (Å²) in [4.78, 5) is 55.5. The number of unbranched alkanes of at least 4 members (excludes halogenated alkanes) is 2. The number of ether oxygens (including phenoxy) is 2. The van der Waals surface area contributed by atoms with Crippen LogP contribution in [-0.4, -0.2) is 110 Å². The number of anilines is 2. The van der Waals surface area contributed by atoms with Crippen molar-refractivity contribution in [2.24, 2.45) is 0 Å². The van der Waals surface area contributed by atoms with Crippen molar-refractivity contribution in [3.8, 4) is 11.5 Å². The lowest BCUT2D eigenvalue weighted by molar-refractivity contribution is -0.132. The second-order valence-corrected chi connectivity index (χ2v) is 13.2. The largest absolute Gasteiger partial charge is 0.496 e. The van der Waals surface area contributed by atoms with Crippen molar-refractivity contribution < 1.29 is 23.9 Å². The second-order valence-electron chi connectivity index (χ2n) is 13.2. The average Bonchev–Trinajstić information content (AvgIpc) is 3.52. The third-order valence-corrected chi connectivity index (χ3v) is 8.90. The Kier molecular flexibility index (Phi) is 12.1. The van der Waals surface area contributed by atoms with Crippen LogP contribution >= 0.6 is 0 Å². The maximum atomic E-state index is 13.7. The maximum absolute atomic E-state index is 13.7. The summed E-state index contributed by atoms with van der Waals surface area (Å²) < 4.78 is 11.8. The Morgan fingerprint density at radius 3 is 2.46 bits per heavy atom. The van der Waals surface area contributed by atoms with Crippen molar-refractivity contribution >= 4 is 40.1 Å². The number of hydrogen-bond donors (Lipinski definition) is 2. The Balaban J connectivity index is 1.20. The van der Waals surface area contributed by atoms with Crippen LogP contribution in [0.1, 0.15) is 57.8 Å². The number of carbonyl (C=O) groups excluding carboxylic acids is 3. The quantitative estimate of drug-likeness (QED) is 0.174. The van der Waals surface area contributed by atoms with Crippen molar-refractivity contribution in [1.82, 2.24) is 24.7 Å². The zero-order chi connectivity index (χ0) is 35.8. The fraction of sp³-hybridized carbons (Fsp3) is 0.421. The predicted molar refractivity (Wildman–Crippen MR) is 196 cm³/mol. The molecular formula is C38H49N7O5. The number of benzene rings is 3. The van der Waals surface area contributed by atoms with Crippen LogP contribution in [0.3, 0.4) is 0 Å². The van der Waals surface area contributed by atoms with Gasteiger partial charge in [0.2, 0.25) is 5.91 Å². The van der Waals surface area contributed by atoms with Gasteiger partial charge in [-0.25, -0.2) is 4.98 Å². The minimum atomic E-state index is -0.378. The smallest absolute Gasteiger partial charge is 0.259 e. The summed E-state index contributed by atoms with van der Waals surface area (Å²) in [7, 11) is 9.19. The lowest BCUT2D eigenvalue weighted by Crippen LogP contribution is -2.47. The Labute approximate surface area is 294 Å². The fourth-order valence-electron chi connectivity index (χ4n) is 6.03. The second kappa shape index (κ2) is 16.6. The normalized spacial score (nSPS) is 13.5. The molecule has 1 aliphatic heterocycles. The molecule has 0 bridgehead atoms. The van der Waals surface area contributed by atoms with Gasteiger partial charge in [-0.1, -0.05) is 12.1 Å². The number of aryl methyl sites for hydroxylation is 1. The number of amides is 3. The number of carbonyl (C=O) groups is 3. The molecule has 4 aromatic rings. The number of nitrogens with one attached hydrogen (secondary N) is 2. The van der Waals surface area contributed by atoms with E-state index in [1.54, 1.807) is 36.2 Å². The van der Waals surface area contributed by atoms with Crippen molar-refractivity contribution in [1.29, 1.82) is 0 Å². The highest BCUT2D eigenvalue weighted by Gasteiger charge is 2.22. The van der Waals surface area contributed by atoms with E-state index in [4.69, 9.17) is 9.47 Å². The maximum Gasteiger partial charge on any atom is 0.259 e. The van der Waals surface area contributed by atoms with Crippen LogP contribution in [0.2, 0.25) is 0 Å². The van der Waals surface area contributed by atoms with Crippen LogP contribution < -0.4 is 19.7 Å². The summed E-state index contributed by atoms with van der Waals surface area (Å²) in [5.74, 6) is 1.25. The number of rotatable bonds is 14. The number of hydrogen-bond acceptors (Lipinski definition) is 8. The highest BCUT2D eigenvalue weighted by atomic mass is 16.5. The predicted octanol–water partition coefficient (Wildman–Crippen LogP) is 5.18. The van der Waals surface area contributed by atoms with Crippen LogP contribution in [0.4, 0.5) is 11.4 Å². The van der Waals surface area contributed by atoms with Crippen LogP contribution in [-0.2, 0) is 11.3 Å².